The minimum atomic E-state index is -0.513. The lowest BCUT2D eigenvalue weighted by Crippen LogP contribution is -1.96. The molecule has 0 amide bonds. The van der Waals surface area contributed by atoms with Crippen LogP contribution < -0.4 is 10.2 Å². The van der Waals surface area contributed by atoms with Gasteiger partial charge in [-0.1, -0.05) is 5.92 Å². The van der Waals surface area contributed by atoms with Gasteiger partial charge < -0.3 is 4.74 Å². The average Bonchev–Trinajstić information content (AvgIpc) is 2.54. The Labute approximate surface area is 140 Å². The van der Waals surface area contributed by atoms with Crippen molar-refractivity contribution in [2.75, 3.05) is 12.0 Å². The maximum Gasteiger partial charge on any atom is 0.287 e. The zero-order chi connectivity index (χ0) is 16.7. The summed E-state index contributed by atoms with van der Waals surface area (Å²) in [6.07, 6.45) is 7.88. The van der Waals surface area contributed by atoms with Gasteiger partial charge in [-0.2, -0.15) is 5.10 Å². The summed E-state index contributed by atoms with van der Waals surface area (Å²) < 4.78 is 6.09. The van der Waals surface area contributed by atoms with E-state index in [1.165, 1.54) is 12.1 Å². The molecule has 1 aromatic carbocycles. The van der Waals surface area contributed by atoms with E-state index >= 15 is 0 Å². The molecule has 0 aliphatic carbocycles. The summed E-state index contributed by atoms with van der Waals surface area (Å²) in [7, 11) is 0. The van der Waals surface area contributed by atoms with E-state index in [1.807, 2.05) is 12.1 Å². The third kappa shape index (κ3) is 4.79. The van der Waals surface area contributed by atoms with Crippen LogP contribution in [0.3, 0.4) is 0 Å². The number of rotatable bonds is 6. The van der Waals surface area contributed by atoms with Crippen molar-refractivity contribution in [3.05, 3.63) is 56.7 Å². The molecule has 0 saturated heterocycles. The Balaban J connectivity index is 1.99. The van der Waals surface area contributed by atoms with Crippen LogP contribution in [0, 0.1) is 22.5 Å². The van der Waals surface area contributed by atoms with Gasteiger partial charge in [-0.15, -0.1) is 6.42 Å². The molecule has 7 nitrogen and oxygen atoms in total. The van der Waals surface area contributed by atoms with Crippen LogP contribution in [0.15, 0.2) is 46.1 Å². The van der Waals surface area contributed by atoms with Gasteiger partial charge in [0.05, 0.1) is 15.6 Å². The fourth-order valence-corrected chi connectivity index (χ4v) is 2.08. The normalized spacial score (nSPS) is 10.3. The molecule has 0 aliphatic rings. The highest BCUT2D eigenvalue weighted by Crippen LogP contribution is 2.25. The number of nitrogens with one attached hydrogen (secondary N) is 1. The number of hydrogen-bond acceptors (Lipinski definition) is 6. The Bertz CT molecular complexity index is 769. The first-order valence-electron chi connectivity index (χ1n) is 6.35. The van der Waals surface area contributed by atoms with E-state index in [1.54, 1.807) is 12.3 Å². The van der Waals surface area contributed by atoms with Crippen LogP contribution >= 0.6 is 15.9 Å². The lowest BCUT2D eigenvalue weighted by atomic mass is 10.2. The van der Waals surface area contributed by atoms with E-state index in [-0.39, 0.29) is 12.3 Å². The van der Waals surface area contributed by atoms with E-state index in [2.05, 4.69) is 37.4 Å². The van der Waals surface area contributed by atoms with Crippen molar-refractivity contribution >= 4 is 33.6 Å². The predicted molar refractivity (Wildman–Crippen MR) is 90.6 cm³/mol. The van der Waals surface area contributed by atoms with Crippen molar-refractivity contribution in [1.82, 2.24) is 4.98 Å². The summed E-state index contributed by atoms with van der Waals surface area (Å²) in [6, 6.07) is 8.22. The number of aromatic nitrogens is 1. The second kappa shape index (κ2) is 7.91. The highest BCUT2D eigenvalue weighted by Gasteiger charge is 2.04. The number of nitrogens with zero attached hydrogens (tertiary/aromatic N) is 3. The predicted octanol–water partition coefficient (Wildman–Crippen LogP) is 3.21. The lowest BCUT2D eigenvalue weighted by molar-refractivity contribution is -0.385. The molecule has 0 atom stereocenters. The van der Waals surface area contributed by atoms with Crippen molar-refractivity contribution in [3.63, 3.8) is 0 Å². The summed E-state index contributed by atoms with van der Waals surface area (Å²) >= 11 is 3.38. The molecule has 0 unspecified atom stereocenters. The van der Waals surface area contributed by atoms with Gasteiger partial charge in [-0.05, 0) is 45.8 Å². The maximum atomic E-state index is 10.5. The molecule has 116 valence electrons. The fourth-order valence-electron chi connectivity index (χ4n) is 1.57. The first-order chi connectivity index (χ1) is 11.1. The molecule has 1 heterocycles. The molecule has 1 N–H and O–H groups in total. The van der Waals surface area contributed by atoms with Gasteiger partial charge in [0.2, 0.25) is 0 Å². The fraction of sp³-hybridized carbons (Fsp3) is 0.0667. The number of anilines is 1. The molecular formula is C15H11BrN4O3. The molecule has 2 aromatic rings. The van der Waals surface area contributed by atoms with Crippen LogP contribution in [-0.2, 0) is 0 Å². The Hall–Kier alpha value is -2.92. The third-order valence-electron chi connectivity index (χ3n) is 2.62. The summed E-state index contributed by atoms with van der Waals surface area (Å²) in [5.41, 5.74) is 3.43. The number of benzene rings is 1. The largest absolute Gasteiger partial charge is 0.480 e. The van der Waals surface area contributed by atoms with E-state index < -0.39 is 4.92 Å². The van der Waals surface area contributed by atoms with Crippen LogP contribution in [0.2, 0.25) is 0 Å². The zero-order valence-electron chi connectivity index (χ0n) is 11.8. The number of hydrazone groups is 1. The van der Waals surface area contributed by atoms with Gasteiger partial charge in [0.15, 0.2) is 0 Å². The van der Waals surface area contributed by atoms with Gasteiger partial charge in [-0.25, -0.2) is 4.98 Å². The Morgan fingerprint density at radius 3 is 2.91 bits per heavy atom. The smallest absolute Gasteiger partial charge is 0.287 e. The topological polar surface area (TPSA) is 89.6 Å². The number of nitro groups is 1. The monoisotopic (exact) mass is 374 g/mol. The molecule has 2 rings (SSSR count). The van der Waals surface area contributed by atoms with Crippen LogP contribution in [0.4, 0.5) is 11.5 Å². The standard InChI is InChI=1S/C15H11BrN4O3/c1-2-7-23-14-5-3-11(8-13(14)16)9-18-19-15-6-4-12(10-17-15)20(21)22/h1,3-6,8-10H,7H2,(H,17,19)/b18-9+. The quantitative estimate of drug-likeness (QED) is 0.362. The maximum absolute atomic E-state index is 10.5. The summed E-state index contributed by atoms with van der Waals surface area (Å²) in [5, 5.41) is 14.5. The van der Waals surface area contributed by atoms with Crippen LogP contribution in [0.25, 0.3) is 0 Å². The van der Waals surface area contributed by atoms with E-state index in [0.717, 1.165) is 16.2 Å². The van der Waals surface area contributed by atoms with Gasteiger partial charge in [0, 0.05) is 6.07 Å². The number of halogens is 1. The van der Waals surface area contributed by atoms with E-state index in [0.29, 0.717) is 11.6 Å². The SMILES string of the molecule is C#CCOc1ccc(/C=N/Nc2ccc([N+](=O)[O-])cn2)cc1Br. The van der Waals surface area contributed by atoms with Crippen LogP contribution in [0.5, 0.6) is 5.75 Å². The number of terminal acetylenes is 1. The highest BCUT2D eigenvalue weighted by molar-refractivity contribution is 9.10. The zero-order valence-corrected chi connectivity index (χ0v) is 13.4. The molecular weight excluding hydrogens is 364 g/mol. The second-order valence-electron chi connectivity index (χ2n) is 4.21. The Morgan fingerprint density at radius 2 is 2.30 bits per heavy atom. The van der Waals surface area contributed by atoms with Crippen molar-refractivity contribution < 1.29 is 9.66 Å². The first-order valence-corrected chi connectivity index (χ1v) is 7.15. The van der Waals surface area contributed by atoms with Crippen molar-refractivity contribution in [2.24, 2.45) is 5.10 Å². The minimum absolute atomic E-state index is 0.0778. The average molecular weight is 375 g/mol. The number of ether oxygens (including phenoxy) is 1. The van der Waals surface area contributed by atoms with Gasteiger partial charge in [-0.3, -0.25) is 15.5 Å². The molecule has 23 heavy (non-hydrogen) atoms. The molecule has 0 spiro atoms. The molecule has 0 radical (unpaired) electrons. The third-order valence-corrected chi connectivity index (χ3v) is 3.24. The van der Waals surface area contributed by atoms with Crippen molar-refractivity contribution in [1.29, 1.82) is 0 Å². The minimum Gasteiger partial charge on any atom is -0.480 e. The number of pyridine rings is 1. The Kier molecular flexibility index (Phi) is 5.66. The van der Waals surface area contributed by atoms with E-state index in [4.69, 9.17) is 11.2 Å². The first kappa shape index (κ1) is 16.5. The highest BCUT2D eigenvalue weighted by atomic mass is 79.9. The second-order valence-corrected chi connectivity index (χ2v) is 5.07. The van der Waals surface area contributed by atoms with Crippen LogP contribution in [0.1, 0.15) is 5.56 Å². The molecule has 8 heteroatoms. The van der Waals surface area contributed by atoms with Crippen molar-refractivity contribution in [2.45, 2.75) is 0 Å². The van der Waals surface area contributed by atoms with Gasteiger partial charge in [0.1, 0.15) is 24.4 Å². The van der Waals surface area contributed by atoms with Gasteiger partial charge in [0.25, 0.3) is 5.69 Å². The number of hydrogen-bond donors (Lipinski definition) is 1. The molecule has 1 aromatic heterocycles. The summed E-state index contributed by atoms with van der Waals surface area (Å²) in [5.74, 6) is 3.44. The van der Waals surface area contributed by atoms with Crippen LogP contribution in [-0.4, -0.2) is 22.7 Å². The van der Waals surface area contributed by atoms with Gasteiger partial charge >= 0.3 is 0 Å². The molecule has 0 bridgehead atoms. The lowest BCUT2D eigenvalue weighted by Gasteiger charge is -2.05. The van der Waals surface area contributed by atoms with E-state index in [9.17, 15) is 10.1 Å². The molecule has 0 fully saturated rings. The van der Waals surface area contributed by atoms with Crippen molar-refractivity contribution in [3.8, 4) is 18.1 Å². The summed E-state index contributed by atoms with van der Waals surface area (Å²) in [4.78, 5) is 13.9. The molecule has 0 saturated carbocycles. The summed E-state index contributed by atoms with van der Waals surface area (Å²) in [6.45, 7) is 0.194. The Morgan fingerprint density at radius 1 is 1.48 bits per heavy atom. The molecule has 0 aliphatic heterocycles.